The van der Waals surface area contributed by atoms with Crippen LogP contribution in [0.15, 0.2) is 34.7 Å². The van der Waals surface area contributed by atoms with Crippen molar-refractivity contribution in [1.82, 2.24) is 15.5 Å². The fraction of sp³-hybridized carbons (Fsp3) is 0.529. The van der Waals surface area contributed by atoms with Crippen LogP contribution in [0.2, 0.25) is 0 Å². The molecule has 1 N–H and O–H groups in total. The Bertz CT molecular complexity index is 591. The number of nitrogens with zero attached hydrogens (tertiary/aromatic N) is 2. The van der Waals surface area contributed by atoms with Crippen molar-refractivity contribution in [2.24, 2.45) is 5.41 Å². The number of hydrogen-bond acceptors (Lipinski definition) is 4. The summed E-state index contributed by atoms with van der Waals surface area (Å²) in [4.78, 5) is 0. The molecule has 2 unspecified atom stereocenters. The SMILES string of the molecule is CCCNC(c1ccccc1)c1nnc(C2CC2(C)C)o1. The van der Waals surface area contributed by atoms with E-state index >= 15 is 0 Å². The molecule has 1 aromatic carbocycles. The summed E-state index contributed by atoms with van der Waals surface area (Å²) in [6.45, 7) is 7.56. The van der Waals surface area contributed by atoms with Crippen LogP contribution in [0.3, 0.4) is 0 Å². The van der Waals surface area contributed by atoms with E-state index in [0.29, 0.717) is 17.2 Å². The molecule has 1 aliphatic carbocycles. The molecule has 0 spiro atoms. The third-order valence-corrected chi connectivity index (χ3v) is 4.25. The summed E-state index contributed by atoms with van der Waals surface area (Å²) < 4.78 is 5.97. The molecular formula is C17H23N3O. The summed E-state index contributed by atoms with van der Waals surface area (Å²) in [6.07, 6.45) is 2.20. The number of aromatic nitrogens is 2. The minimum atomic E-state index is -0.0192. The zero-order valence-electron chi connectivity index (χ0n) is 13.0. The molecule has 1 saturated carbocycles. The fourth-order valence-electron chi connectivity index (χ4n) is 2.67. The van der Waals surface area contributed by atoms with Gasteiger partial charge in [-0.2, -0.15) is 0 Å². The lowest BCUT2D eigenvalue weighted by Gasteiger charge is -2.14. The molecule has 4 heteroatoms. The predicted octanol–water partition coefficient (Wildman–Crippen LogP) is 3.67. The van der Waals surface area contributed by atoms with E-state index in [1.54, 1.807) is 0 Å². The topological polar surface area (TPSA) is 51.0 Å². The van der Waals surface area contributed by atoms with E-state index in [1.165, 1.54) is 0 Å². The van der Waals surface area contributed by atoms with Gasteiger partial charge < -0.3 is 9.73 Å². The quantitative estimate of drug-likeness (QED) is 0.879. The van der Waals surface area contributed by atoms with Crippen molar-refractivity contribution in [3.05, 3.63) is 47.7 Å². The first-order valence-corrected chi connectivity index (χ1v) is 7.73. The van der Waals surface area contributed by atoms with Crippen LogP contribution in [0.1, 0.15) is 62.9 Å². The lowest BCUT2D eigenvalue weighted by Crippen LogP contribution is -2.23. The molecule has 1 aliphatic rings. The first-order valence-electron chi connectivity index (χ1n) is 7.73. The maximum atomic E-state index is 5.97. The predicted molar refractivity (Wildman–Crippen MR) is 82.0 cm³/mol. The second-order valence-corrected chi connectivity index (χ2v) is 6.52. The zero-order chi connectivity index (χ0) is 14.9. The molecule has 3 rings (SSSR count). The maximum Gasteiger partial charge on any atom is 0.237 e. The summed E-state index contributed by atoms with van der Waals surface area (Å²) in [5, 5.41) is 12.1. The molecule has 4 nitrogen and oxygen atoms in total. The van der Waals surface area contributed by atoms with Crippen LogP contribution >= 0.6 is 0 Å². The van der Waals surface area contributed by atoms with Gasteiger partial charge in [-0.3, -0.25) is 0 Å². The summed E-state index contributed by atoms with van der Waals surface area (Å²) in [5.41, 5.74) is 1.47. The Morgan fingerprint density at radius 2 is 2.00 bits per heavy atom. The van der Waals surface area contributed by atoms with Crippen molar-refractivity contribution < 1.29 is 4.42 Å². The first kappa shape index (κ1) is 14.3. The smallest absolute Gasteiger partial charge is 0.237 e. The molecule has 1 aromatic heterocycles. The molecule has 0 amide bonds. The second-order valence-electron chi connectivity index (χ2n) is 6.52. The monoisotopic (exact) mass is 285 g/mol. The Labute approximate surface area is 126 Å². The summed E-state index contributed by atoms with van der Waals surface area (Å²) in [5.74, 6) is 1.88. The van der Waals surface area contributed by atoms with Crippen molar-refractivity contribution in [1.29, 1.82) is 0 Å². The lowest BCUT2D eigenvalue weighted by molar-refractivity contribution is 0.395. The number of nitrogens with one attached hydrogen (secondary N) is 1. The van der Waals surface area contributed by atoms with Crippen LogP contribution in [0.25, 0.3) is 0 Å². The molecule has 0 radical (unpaired) electrons. The van der Waals surface area contributed by atoms with Crippen molar-refractivity contribution in [3.63, 3.8) is 0 Å². The van der Waals surface area contributed by atoms with E-state index in [0.717, 1.165) is 30.8 Å². The average Bonchev–Trinajstić information content (AvgIpc) is 2.90. The molecular weight excluding hydrogens is 262 g/mol. The molecule has 1 fully saturated rings. The molecule has 21 heavy (non-hydrogen) atoms. The highest BCUT2D eigenvalue weighted by atomic mass is 16.4. The van der Waals surface area contributed by atoms with E-state index in [-0.39, 0.29) is 6.04 Å². The van der Waals surface area contributed by atoms with E-state index in [1.807, 2.05) is 18.2 Å². The van der Waals surface area contributed by atoms with Gasteiger partial charge in [0.15, 0.2) is 0 Å². The summed E-state index contributed by atoms with van der Waals surface area (Å²) in [6, 6.07) is 10.3. The van der Waals surface area contributed by atoms with Gasteiger partial charge in [0, 0.05) is 5.92 Å². The third kappa shape index (κ3) is 3.00. The highest BCUT2D eigenvalue weighted by Crippen LogP contribution is 2.58. The maximum absolute atomic E-state index is 5.97. The van der Waals surface area contributed by atoms with Gasteiger partial charge in [0.25, 0.3) is 0 Å². The van der Waals surface area contributed by atoms with Gasteiger partial charge in [0.05, 0.1) is 0 Å². The summed E-state index contributed by atoms with van der Waals surface area (Å²) in [7, 11) is 0. The van der Waals surface area contributed by atoms with Crippen molar-refractivity contribution in [2.75, 3.05) is 6.54 Å². The van der Waals surface area contributed by atoms with Crippen LogP contribution in [0, 0.1) is 5.41 Å². The lowest BCUT2D eigenvalue weighted by atomic mass is 10.1. The van der Waals surface area contributed by atoms with Crippen molar-refractivity contribution >= 4 is 0 Å². The van der Waals surface area contributed by atoms with Crippen molar-refractivity contribution in [3.8, 4) is 0 Å². The average molecular weight is 285 g/mol. The van der Waals surface area contributed by atoms with Gasteiger partial charge in [-0.05, 0) is 30.4 Å². The highest BCUT2D eigenvalue weighted by Gasteiger charge is 2.50. The van der Waals surface area contributed by atoms with Crippen LogP contribution in [-0.4, -0.2) is 16.7 Å². The Morgan fingerprint density at radius 3 is 2.62 bits per heavy atom. The van der Waals surface area contributed by atoms with Crippen LogP contribution < -0.4 is 5.32 Å². The molecule has 0 saturated heterocycles. The van der Waals surface area contributed by atoms with Gasteiger partial charge in [-0.15, -0.1) is 10.2 Å². The number of rotatable bonds is 6. The molecule has 0 aliphatic heterocycles. The van der Waals surface area contributed by atoms with Gasteiger partial charge in [0.2, 0.25) is 11.8 Å². The molecule has 2 aromatic rings. The van der Waals surface area contributed by atoms with Crippen LogP contribution in [0.5, 0.6) is 0 Å². The molecule has 112 valence electrons. The van der Waals surface area contributed by atoms with Gasteiger partial charge in [-0.1, -0.05) is 51.1 Å². The summed E-state index contributed by atoms with van der Waals surface area (Å²) >= 11 is 0. The normalized spacial score (nSPS) is 21.2. The van der Waals surface area contributed by atoms with Crippen LogP contribution in [0.4, 0.5) is 0 Å². The van der Waals surface area contributed by atoms with E-state index in [9.17, 15) is 0 Å². The minimum Gasteiger partial charge on any atom is -0.423 e. The Morgan fingerprint density at radius 1 is 1.29 bits per heavy atom. The Kier molecular flexibility index (Phi) is 3.81. The molecule has 0 bridgehead atoms. The van der Waals surface area contributed by atoms with E-state index < -0.39 is 0 Å². The minimum absolute atomic E-state index is 0.0192. The van der Waals surface area contributed by atoms with Gasteiger partial charge >= 0.3 is 0 Å². The zero-order valence-corrected chi connectivity index (χ0v) is 13.0. The fourth-order valence-corrected chi connectivity index (χ4v) is 2.67. The third-order valence-electron chi connectivity index (χ3n) is 4.25. The van der Waals surface area contributed by atoms with Gasteiger partial charge in [0.1, 0.15) is 6.04 Å². The molecule has 1 heterocycles. The van der Waals surface area contributed by atoms with E-state index in [2.05, 4.69) is 48.4 Å². The first-order chi connectivity index (χ1) is 10.1. The standard InChI is InChI=1S/C17H23N3O/c1-4-10-18-14(12-8-6-5-7-9-12)16-20-19-15(21-16)13-11-17(13,2)3/h5-9,13-14,18H,4,10-11H2,1-3H3. The Balaban J connectivity index is 1.83. The van der Waals surface area contributed by atoms with Crippen molar-refractivity contribution in [2.45, 2.75) is 45.6 Å². The Hall–Kier alpha value is -1.68. The second kappa shape index (κ2) is 5.60. The highest BCUT2D eigenvalue weighted by molar-refractivity contribution is 5.24. The number of hydrogen-bond donors (Lipinski definition) is 1. The van der Waals surface area contributed by atoms with E-state index in [4.69, 9.17) is 4.42 Å². The van der Waals surface area contributed by atoms with Crippen LogP contribution in [-0.2, 0) is 0 Å². The molecule has 2 atom stereocenters. The van der Waals surface area contributed by atoms with Gasteiger partial charge in [-0.25, -0.2) is 0 Å². The largest absolute Gasteiger partial charge is 0.423 e. The number of benzene rings is 1.